The third-order valence-electron chi connectivity index (χ3n) is 4.98. The summed E-state index contributed by atoms with van der Waals surface area (Å²) in [5, 5.41) is 2.83. The molecule has 3 nitrogen and oxygen atoms in total. The SMILES string of the molecule is Cc1ccc(NC(=O)O[C@H]2CCC23CCCCC3)cc1. The molecule has 0 aliphatic heterocycles. The molecule has 1 amide bonds. The zero-order chi connectivity index (χ0) is 14.0. The Kier molecular flexibility index (Phi) is 3.68. The van der Waals surface area contributed by atoms with Crippen LogP contribution in [0.1, 0.15) is 50.5 Å². The smallest absolute Gasteiger partial charge is 0.411 e. The first-order chi connectivity index (χ1) is 9.68. The molecule has 0 saturated heterocycles. The molecule has 2 fully saturated rings. The van der Waals surface area contributed by atoms with Crippen LogP contribution >= 0.6 is 0 Å². The first-order valence-corrected chi connectivity index (χ1v) is 7.72. The molecule has 0 aromatic heterocycles. The number of anilines is 1. The van der Waals surface area contributed by atoms with Crippen LogP contribution < -0.4 is 5.32 Å². The van der Waals surface area contributed by atoms with E-state index in [1.165, 1.54) is 44.1 Å². The van der Waals surface area contributed by atoms with E-state index in [-0.39, 0.29) is 12.2 Å². The molecule has 1 aromatic carbocycles. The van der Waals surface area contributed by atoms with Crippen LogP contribution in [0.2, 0.25) is 0 Å². The molecule has 108 valence electrons. The van der Waals surface area contributed by atoms with E-state index in [2.05, 4.69) is 5.32 Å². The van der Waals surface area contributed by atoms with Gasteiger partial charge in [0.05, 0.1) is 0 Å². The quantitative estimate of drug-likeness (QED) is 0.851. The van der Waals surface area contributed by atoms with Crippen molar-refractivity contribution in [3.8, 4) is 0 Å². The summed E-state index contributed by atoms with van der Waals surface area (Å²) in [4.78, 5) is 12.0. The maximum Gasteiger partial charge on any atom is 0.411 e. The number of carbonyl (C=O) groups excluding carboxylic acids is 1. The van der Waals surface area contributed by atoms with Crippen LogP contribution in [0.3, 0.4) is 0 Å². The van der Waals surface area contributed by atoms with E-state index >= 15 is 0 Å². The predicted molar refractivity (Wildman–Crippen MR) is 79.8 cm³/mol. The van der Waals surface area contributed by atoms with Gasteiger partial charge in [-0.25, -0.2) is 4.79 Å². The predicted octanol–water partition coefficient (Wildman–Crippen LogP) is 4.66. The van der Waals surface area contributed by atoms with E-state index in [0.717, 1.165) is 12.1 Å². The lowest BCUT2D eigenvalue weighted by molar-refractivity contribution is -0.0890. The number of aryl methyl sites for hydroxylation is 1. The summed E-state index contributed by atoms with van der Waals surface area (Å²) in [5.74, 6) is 0. The van der Waals surface area contributed by atoms with Gasteiger partial charge in [-0.15, -0.1) is 0 Å². The molecule has 3 rings (SSSR count). The lowest BCUT2D eigenvalue weighted by Crippen LogP contribution is -2.49. The fourth-order valence-electron chi connectivity index (χ4n) is 3.60. The molecule has 0 heterocycles. The van der Waals surface area contributed by atoms with Crippen LogP contribution in [0.5, 0.6) is 0 Å². The molecule has 1 aromatic rings. The zero-order valence-electron chi connectivity index (χ0n) is 12.2. The largest absolute Gasteiger partial charge is 0.445 e. The minimum atomic E-state index is -0.302. The molecule has 0 radical (unpaired) electrons. The minimum absolute atomic E-state index is 0.133. The van der Waals surface area contributed by atoms with Crippen molar-refractivity contribution < 1.29 is 9.53 Å². The van der Waals surface area contributed by atoms with Gasteiger partial charge < -0.3 is 4.74 Å². The molecule has 20 heavy (non-hydrogen) atoms. The van der Waals surface area contributed by atoms with Crippen molar-refractivity contribution in [1.29, 1.82) is 0 Å². The van der Waals surface area contributed by atoms with Gasteiger partial charge >= 0.3 is 6.09 Å². The molecule has 3 heteroatoms. The van der Waals surface area contributed by atoms with Crippen LogP contribution in [0.4, 0.5) is 10.5 Å². The molecule has 2 aliphatic carbocycles. The van der Waals surface area contributed by atoms with Crippen LogP contribution in [-0.2, 0) is 4.74 Å². The molecule has 1 atom stereocenters. The van der Waals surface area contributed by atoms with Gasteiger partial charge in [-0.2, -0.15) is 0 Å². The number of carbonyl (C=O) groups is 1. The Morgan fingerprint density at radius 2 is 1.85 bits per heavy atom. The second kappa shape index (κ2) is 5.47. The van der Waals surface area contributed by atoms with Gasteiger partial charge in [0.15, 0.2) is 0 Å². The average molecular weight is 273 g/mol. The van der Waals surface area contributed by atoms with E-state index in [9.17, 15) is 4.79 Å². The Bertz CT molecular complexity index is 474. The molecule has 0 bridgehead atoms. The standard InChI is InChI=1S/C17H23NO2/c1-13-5-7-14(8-6-13)18-16(19)20-15-9-12-17(15)10-3-2-4-11-17/h5-8,15H,2-4,9-12H2,1H3,(H,18,19)/t15-/m0/s1. The summed E-state index contributed by atoms with van der Waals surface area (Å²) in [7, 11) is 0. The number of amides is 1. The fraction of sp³-hybridized carbons (Fsp3) is 0.588. The maximum absolute atomic E-state index is 12.0. The summed E-state index contributed by atoms with van der Waals surface area (Å²) in [5.41, 5.74) is 2.30. The van der Waals surface area contributed by atoms with E-state index in [1.54, 1.807) is 0 Å². The van der Waals surface area contributed by atoms with Crippen LogP contribution in [0.25, 0.3) is 0 Å². The summed E-state index contributed by atoms with van der Waals surface area (Å²) in [6.45, 7) is 2.03. The summed E-state index contributed by atoms with van der Waals surface area (Å²) in [6.07, 6.45) is 8.47. The van der Waals surface area contributed by atoms with E-state index in [0.29, 0.717) is 5.41 Å². The first kappa shape index (κ1) is 13.5. The highest BCUT2D eigenvalue weighted by Gasteiger charge is 2.49. The Labute approximate surface area is 120 Å². The lowest BCUT2D eigenvalue weighted by Gasteiger charge is -2.50. The number of hydrogen-bond donors (Lipinski definition) is 1. The van der Waals surface area contributed by atoms with Crippen molar-refractivity contribution in [2.24, 2.45) is 5.41 Å². The van der Waals surface area contributed by atoms with Crippen molar-refractivity contribution in [2.45, 2.75) is 58.0 Å². The normalized spacial score (nSPS) is 23.9. The van der Waals surface area contributed by atoms with Crippen LogP contribution in [0, 0.1) is 12.3 Å². The molecular weight excluding hydrogens is 250 g/mol. The zero-order valence-corrected chi connectivity index (χ0v) is 12.2. The van der Waals surface area contributed by atoms with Crippen molar-refractivity contribution in [3.05, 3.63) is 29.8 Å². The molecular formula is C17H23NO2. The Morgan fingerprint density at radius 3 is 2.45 bits per heavy atom. The van der Waals surface area contributed by atoms with Gasteiger partial charge in [0.1, 0.15) is 6.10 Å². The fourth-order valence-corrected chi connectivity index (χ4v) is 3.60. The van der Waals surface area contributed by atoms with E-state index in [4.69, 9.17) is 4.74 Å². The number of nitrogens with one attached hydrogen (secondary N) is 1. The van der Waals surface area contributed by atoms with E-state index < -0.39 is 0 Å². The van der Waals surface area contributed by atoms with Gasteiger partial charge in [0, 0.05) is 11.1 Å². The first-order valence-electron chi connectivity index (χ1n) is 7.72. The second-order valence-electron chi connectivity index (χ2n) is 6.35. The Balaban J connectivity index is 1.55. The average Bonchev–Trinajstić information content (AvgIpc) is 2.47. The highest BCUT2D eigenvalue weighted by atomic mass is 16.6. The number of rotatable bonds is 2. The molecule has 2 aliphatic rings. The Morgan fingerprint density at radius 1 is 1.15 bits per heavy atom. The third kappa shape index (κ3) is 2.67. The van der Waals surface area contributed by atoms with Gasteiger partial charge in [-0.1, -0.05) is 37.0 Å². The second-order valence-corrected chi connectivity index (χ2v) is 6.35. The van der Waals surface area contributed by atoms with Crippen LogP contribution in [-0.4, -0.2) is 12.2 Å². The van der Waals surface area contributed by atoms with E-state index in [1.807, 2.05) is 31.2 Å². The monoisotopic (exact) mass is 273 g/mol. The number of ether oxygens (including phenoxy) is 1. The van der Waals surface area contributed by atoms with Gasteiger partial charge in [0.2, 0.25) is 0 Å². The molecule has 0 unspecified atom stereocenters. The van der Waals surface area contributed by atoms with Gasteiger partial charge in [-0.3, -0.25) is 5.32 Å². The van der Waals surface area contributed by atoms with Crippen LogP contribution in [0.15, 0.2) is 24.3 Å². The maximum atomic E-state index is 12.0. The number of hydrogen-bond acceptors (Lipinski definition) is 2. The topological polar surface area (TPSA) is 38.3 Å². The van der Waals surface area contributed by atoms with Gasteiger partial charge in [0.25, 0.3) is 0 Å². The third-order valence-corrected chi connectivity index (χ3v) is 4.98. The highest BCUT2D eigenvalue weighted by molar-refractivity contribution is 5.84. The number of benzene rings is 1. The summed E-state index contributed by atoms with van der Waals surface area (Å²) < 4.78 is 5.66. The lowest BCUT2D eigenvalue weighted by atomic mass is 9.58. The van der Waals surface area contributed by atoms with Gasteiger partial charge in [-0.05, 0) is 44.7 Å². The highest BCUT2D eigenvalue weighted by Crippen LogP contribution is 2.53. The Hall–Kier alpha value is -1.51. The van der Waals surface area contributed by atoms with Crippen molar-refractivity contribution in [3.63, 3.8) is 0 Å². The summed E-state index contributed by atoms with van der Waals surface area (Å²) in [6, 6.07) is 7.80. The molecule has 1 N–H and O–H groups in total. The van der Waals surface area contributed by atoms with Crippen molar-refractivity contribution in [2.75, 3.05) is 5.32 Å². The molecule has 1 spiro atoms. The summed E-state index contributed by atoms with van der Waals surface area (Å²) >= 11 is 0. The van der Waals surface area contributed by atoms with Crippen molar-refractivity contribution >= 4 is 11.8 Å². The molecule has 2 saturated carbocycles. The minimum Gasteiger partial charge on any atom is -0.445 e. The van der Waals surface area contributed by atoms with Crippen molar-refractivity contribution in [1.82, 2.24) is 0 Å².